The van der Waals surface area contributed by atoms with Crippen LogP contribution in [0.5, 0.6) is 5.75 Å². The third kappa shape index (κ3) is 5.63. The number of carbonyl (C=O) groups is 2. The van der Waals surface area contributed by atoms with E-state index in [9.17, 15) is 27.6 Å². The number of rotatable bonds is 7. The van der Waals surface area contributed by atoms with Crippen LogP contribution < -0.4 is 15.7 Å². The smallest absolute Gasteiger partial charge is 0.416 e. The zero-order valence-corrected chi connectivity index (χ0v) is 23.9. The molecule has 0 spiro atoms. The maximum atomic E-state index is 14.0. The summed E-state index contributed by atoms with van der Waals surface area (Å²) in [6.45, 7) is 7.92. The topological polar surface area (TPSA) is 104 Å². The van der Waals surface area contributed by atoms with Gasteiger partial charge in [-0.05, 0) is 63.9 Å². The average molecular weight is 586 g/mol. The number of hydrogen-bond acceptors (Lipinski definition) is 8. The van der Waals surface area contributed by atoms with Gasteiger partial charge >= 0.3 is 23.7 Å². The van der Waals surface area contributed by atoms with Crippen molar-refractivity contribution in [3.63, 3.8) is 0 Å². The number of carbonyl (C=O) groups excluding carboxylic acids is 2. The molecule has 0 bridgehead atoms. The van der Waals surface area contributed by atoms with Gasteiger partial charge in [0.15, 0.2) is 0 Å². The Morgan fingerprint density at radius 2 is 1.52 bits per heavy atom. The SMILES string of the molecule is COC(=O)C1=C(C)NC(C)=C(C(=O)OCCOc2ccc3c(C)c(C)c(=O)oc3c2C)C1c1ccccc1C(F)(F)F. The highest BCUT2D eigenvalue weighted by Crippen LogP contribution is 2.44. The standard InChI is InChI=1S/C31H30F3NO7/c1-15-16(2)28(36)42-27-17(3)23(12-11-20(15)27)40-13-14-41-30(38)25-19(5)35-18(4)24(29(37)39-6)26(25)21-9-7-8-10-22(21)31(32,33)34/h7-12,26,35H,13-14H2,1-6H3. The lowest BCUT2D eigenvalue weighted by molar-refractivity contribution is -0.142. The molecule has 1 unspecified atom stereocenters. The molecule has 1 atom stereocenters. The number of alkyl halides is 3. The molecule has 0 amide bonds. The monoisotopic (exact) mass is 585 g/mol. The molecule has 1 aliphatic heterocycles. The Bertz CT molecular complexity index is 1700. The third-order valence-corrected chi connectivity index (χ3v) is 7.36. The van der Waals surface area contributed by atoms with E-state index in [0.717, 1.165) is 24.1 Å². The number of hydrogen-bond donors (Lipinski definition) is 1. The average Bonchev–Trinajstić information content (AvgIpc) is 2.94. The molecular weight excluding hydrogens is 555 g/mol. The molecule has 0 saturated heterocycles. The summed E-state index contributed by atoms with van der Waals surface area (Å²) in [5.41, 5.74) is 0.752. The summed E-state index contributed by atoms with van der Waals surface area (Å²) in [5.74, 6) is -2.80. The molecule has 11 heteroatoms. The van der Waals surface area contributed by atoms with Gasteiger partial charge in [-0.25, -0.2) is 14.4 Å². The number of benzene rings is 2. The third-order valence-electron chi connectivity index (χ3n) is 7.36. The Hall–Kier alpha value is -4.54. The minimum atomic E-state index is -4.75. The molecule has 42 heavy (non-hydrogen) atoms. The molecule has 0 aliphatic carbocycles. The van der Waals surface area contributed by atoms with Crippen molar-refractivity contribution in [3.8, 4) is 5.75 Å². The maximum absolute atomic E-state index is 14.0. The number of methoxy groups -OCH3 is 1. The Kier molecular flexibility index (Phi) is 8.51. The summed E-state index contributed by atoms with van der Waals surface area (Å²) in [4.78, 5) is 38.3. The quantitative estimate of drug-likeness (QED) is 0.212. The summed E-state index contributed by atoms with van der Waals surface area (Å²) in [6, 6.07) is 8.23. The van der Waals surface area contributed by atoms with E-state index in [4.69, 9.17) is 18.6 Å². The Balaban J connectivity index is 1.60. The van der Waals surface area contributed by atoms with Crippen LogP contribution in [0.15, 0.2) is 68.2 Å². The lowest BCUT2D eigenvalue weighted by atomic mass is 9.78. The van der Waals surface area contributed by atoms with E-state index in [1.54, 1.807) is 26.0 Å². The highest BCUT2D eigenvalue weighted by molar-refractivity contribution is 6.00. The lowest BCUT2D eigenvalue weighted by Crippen LogP contribution is -2.33. The van der Waals surface area contributed by atoms with Gasteiger partial charge in [0.1, 0.15) is 24.5 Å². The molecule has 2 aromatic carbocycles. The molecule has 8 nitrogen and oxygen atoms in total. The van der Waals surface area contributed by atoms with Gasteiger partial charge < -0.3 is 23.9 Å². The molecule has 0 fully saturated rings. The fourth-order valence-electron chi connectivity index (χ4n) is 5.11. The van der Waals surface area contributed by atoms with Crippen LogP contribution in [0.4, 0.5) is 13.2 Å². The largest absolute Gasteiger partial charge is 0.490 e. The summed E-state index contributed by atoms with van der Waals surface area (Å²) < 4.78 is 63.6. The van der Waals surface area contributed by atoms with E-state index in [-0.39, 0.29) is 41.3 Å². The first-order valence-corrected chi connectivity index (χ1v) is 13.0. The molecule has 222 valence electrons. The molecule has 1 aliphatic rings. The van der Waals surface area contributed by atoms with Gasteiger partial charge in [0.25, 0.3) is 0 Å². The van der Waals surface area contributed by atoms with E-state index in [0.29, 0.717) is 22.5 Å². The van der Waals surface area contributed by atoms with E-state index >= 15 is 0 Å². The van der Waals surface area contributed by atoms with Crippen molar-refractivity contribution in [1.29, 1.82) is 0 Å². The number of halogens is 3. The molecule has 0 saturated carbocycles. The normalized spacial score (nSPS) is 15.5. The number of dihydropyridines is 1. The minimum Gasteiger partial charge on any atom is -0.490 e. The highest BCUT2D eigenvalue weighted by Gasteiger charge is 2.43. The summed E-state index contributed by atoms with van der Waals surface area (Å²) in [6.07, 6.45) is -4.75. The molecule has 4 rings (SSSR count). The van der Waals surface area contributed by atoms with Crippen molar-refractivity contribution in [2.24, 2.45) is 0 Å². The van der Waals surface area contributed by atoms with Crippen molar-refractivity contribution in [3.05, 3.63) is 97.2 Å². The van der Waals surface area contributed by atoms with Crippen LogP contribution in [0.1, 0.15) is 47.6 Å². The number of esters is 2. The second kappa shape index (κ2) is 11.8. The van der Waals surface area contributed by atoms with Crippen LogP contribution in [0.25, 0.3) is 11.0 Å². The Morgan fingerprint density at radius 1 is 0.881 bits per heavy atom. The van der Waals surface area contributed by atoms with Crippen LogP contribution >= 0.6 is 0 Å². The van der Waals surface area contributed by atoms with Crippen molar-refractivity contribution >= 4 is 22.9 Å². The Morgan fingerprint density at radius 3 is 2.17 bits per heavy atom. The van der Waals surface area contributed by atoms with Crippen LogP contribution in [0.2, 0.25) is 0 Å². The second-order valence-corrected chi connectivity index (χ2v) is 9.90. The lowest BCUT2D eigenvalue weighted by Gasteiger charge is -2.31. The van der Waals surface area contributed by atoms with Crippen molar-refractivity contribution in [2.75, 3.05) is 20.3 Å². The number of allylic oxidation sites excluding steroid dienone is 2. The molecule has 1 N–H and O–H groups in total. The van der Waals surface area contributed by atoms with E-state index in [1.807, 2.05) is 6.92 Å². The van der Waals surface area contributed by atoms with Gasteiger partial charge in [-0.1, -0.05) is 18.2 Å². The van der Waals surface area contributed by atoms with Crippen molar-refractivity contribution in [2.45, 2.75) is 46.7 Å². The summed E-state index contributed by atoms with van der Waals surface area (Å²) >= 11 is 0. The van der Waals surface area contributed by atoms with E-state index in [2.05, 4.69) is 5.32 Å². The fraction of sp³-hybridized carbons (Fsp3) is 0.323. The van der Waals surface area contributed by atoms with E-state index in [1.165, 1.54) is 32.0 Å². The second-order valence-electron chi connectivity index (χ2n) is 9.90. The fourth-order valence-corrected chi connectivity index (χ4v) is 5.11. The van der Waals surface area contributed by atoms with Crippen molar-refractivity contribution in [1.82, 2.24) is 5.32 Å². The van der Waals surface area contributed by atoms with Crippen LogP contribution in [0, 0.1) is 20.8 Å². The van der Waals surface area contributed by atoms with Gasteiger partial charge in [-0.3, -0.25) is 0 Å². The first kappa shape index (κ1) is 30.4. The molecule has 0 radical (unpaired) electrons. The number of aryl methyl sites for hydroxylation is 2. The first-order chi connectivity index (χ1) is 19.8. The number of fused-ring (bicyclic) bond motifs is 1. The molecule has 3 aromatic rings. The van der Waals surface area contributed by atoms with Gasteiger partial charge in [-0.2, -0.15) is 13.2 Å². The number of ether oxygens (including phenoxy) is 3. The van der Waals surface area contributed by atoms with Crippen LogP contribution in [-0.4, -0.2) is 32.3 Å². The number of nitrogens with one attached hydrogen (secondary N) is 1. The van der Waals surface area contributed by atoms with Crippen molar-refractivity contribution < 1.29 is 41.4 Å². The van der Waals surface area contributed by atoms with Gasteiger partial charge in [0, 0.05) is 27.9 Å². The minimum absolute atomic E-state index is 0.102. The van der Waals surface area contributed by atoms with Crippen LogP contribution in [0.3, 0.4) is 0 Å². The highest BCUT2D eigenvalue weighted by atomic mass is 19.4. The maximum Gasteiger partial charge on any atom is 0.416 e. The zero-order chi connectivity index (χ0) is 30.9. The van der Waals surface area contributed by atoms with E-state index < -0.39 is 35.2 Å². The van der Waals surface area contributed by atoms with Gasteiger partial charge in [0.05, 0.1) is 29.7 Å². The molecule has 2 heterocycles. The molecule has 1 aromatic heterocycles. The summed E-state index contributed by atoms with van der Waals surface area (Å²) in [5, 5.41) is 3.67. The zero-order valence-electron chi connectivity index (χ0n) is 23.9. The first-order valence-electron chi connectivity index (χ1n) is 13.0. The predicted molar refractivity (Wildman–Crippen MR) is 148 cm³/mol. The molecular formula is C31H30F3NO7. The Labute approximate surface area is 239 Å². The van der Waals surface area contributed by atoms with Crippen LogP contribution in [-0.2, 0) is 25.2 Å². The van der Waals surface area contributed by atoms with Gasteiger partial charge in [-0.15, -0.1) is 0 Å². The predicted octanol–water partition coefficient (Wildman–Crippen LogP) is 5.77. The van der Waals surface area contributed by atoms with Gasteiger partial charge in [0.2, 0.25) is 0 Å². The summed E-state index contributed by atoms with van der Waals surface area (Å²) in [7, 11) is 1.11.